The van der Waals surface area contributed by atoms with Crippen LogP contribution in [-0.2, 0) is 0 Å². The van der Waals surface area contributed by atoms with Crippen LogP contribution in [0.15, 0.2) is 11.6 Å². The minimum absolute atomic E-state index is 0.0203. The Balaban J connectivity index is 1.72. The molecule has 0 amide bonds. The van der Waals surface area contributed by atoms with Crippen molar-refractivity contribution in [1.82, 2.24) is 0 Å². The van der Waals surface area contributed by atoms with Gasteiger partial charge in [0.2, 0.25) is 0 Å². The van der Waals surface area contributed by atoms with E-state index in [0.29, 0.717) is 24.7 Å². The maximum absolute atomic E-state index is 11.0. The molecule has 4 nitrogen and oxygen atoms in total. The van der Waals surface area contributed by atoms with Crippen LogP contribution < -0.4 is 0 Å². The van der Waals surface area contributed by atoms with Gasteiger partial charge in [-0.3, -0.25) is 0 Å². The monoisotopic (exact) mass is 332 g/mol. The van der Waals surface area contributed by atoms with E-state index in [1.165, 1.54) is 5.57 Å². The zero-order valence-corrected chi connectivity index (χ0v) is 14.2. The summed E-state index contributed by atoms with van der Waals surface area (Å²) in [5.41, 5.74) is -0.852. The van der Waals surface area contributed by atoms with Crippen LogP contribution >= 0.6 is 0 Å². The molecule has 0 aromatic carbocycles. The first-order valence-corrected chi connectivity index (χ1v) is 9.26. The highest BCUT2D eigenvalue weighted by atomic mass is 16.3. The third kappa shape index (κ3) is 1.96. The first-order valence-electron chi connectivity index (χ1n) is 9.26. The molecule has 4 N–H and O–H groups in total. The number of aliphatic hydroxyl groups is 4. The Morgan fingerprint density at radius 3 is 2.67 bits per heavy atom. The molecule has 0 heterocycles. The van der Waals surface area contributed by atoms with Crippen molar-refractivity contribution in [1.29, 1.82) is 0 Å². The summed E-state index contributed by atoms with van der Waals surface area (Å²) in [5, 5.41) is 42.2. The SMILES string of the molecule is C#C[C@]1(O)[C@H](O)CC2C3C(CC[C@@]21C)[C@H]1CC[C@@H](O)CC1=C[C@@H]3O. The molecule has 3 saturated carbocycles. The standard InChI is InChI=1S/C20H28O4/c1-3-20(24)17(23)10-15-18-14(6-7-19(15,20)2)13-5-4-12(21)8-11(13)9-16(18)22/h1,9,12-18,21-24H,4-8,10H2,2H3/t12-,13+,14?,15?,16+,17-,18?,19+,20+/m1/s1. The van der Waals surface area contributed by atoms with Crippen LogP contribution in [-0.4, -0.2) is 44.3 Å². The Labute approximate surface area is 143 Å². The maximum Gasteiger partial charge on any atom is 0.156 e. The number of hydrogen-bond donors (Lipinski definition) is 4. The molecule has 4 rings (SSSR count). The van der Waals surface area contributed by atoms with Crippen molar-refractivity contribution >= 4 is 0 Å². The minimum Gasteiger partial charge on any atom is -0.393 e. The second-order valence-corrected chi connectivity index (χ2v) is 8.74. The Kier molecular flexibility index (Phi) is 3.68. The summed E-state index contributed by atoms with van der Waals surface area (Å²) >= 11 is 0. The van der Waals surface area contributed by atoms with Crippen molar-refractivity contribution < 1.29 is 20.4 Å². The van der Waals surface area contributed by atoms with E-state index < -0.39 is 23.2 Å². The predicted octanol–water partition coefficient (Wildman–Crippen LogP) is 1.23. The quantitative estimate of drug-likeness (QED) is 0.397. The Morgan fingerprint density at radius 2 is 1.96 bits per heavy atom. The van der Waals surface area contributed by atoms with Crippen molar-refractivity contribution in [2.45, 2.75) is 69.4 Å². The van der Waals surface area contributed by atoms with Gasteiger partial charge in [-0.15, -0.1) is 6.42 Å². The molecular weight excluding hydrogens is 304 g/mol. The van der Waals surface area contributed by atoms with E-state index in [9.17, 15) is 20.4 Å². The third-order valence-electron chi connectivity index (χ3n) is 7.88. The van der Waals surface area contributed by atoms with Gasteiger partial charge in [-0.05, 0) is 62.2 Å². The third-order valence-corrected chi connectivity index (χ3v) is 7.88. The van der Waals surface area contributed by atoms with Crippen molar-refractivity contribution in [2.75, 3.05) is 0 Å². The second kappa shape index (κ2) is 5.32. The van der Waals surface area contributed by atoms with Crippen LogP contribution in [0.25, 0.3) is 0 Å². The highest BCUT2D eigenvalue weighted by Gasteiger charge is 2.66. The van der Waals surface area contributed by atoms with E-state index in [4.69, 9.17) is 6.42 Å². The van der Waals surface area contributed by atoms with Gasteiger partial charge in [0.05, 0.1) is 18.3 Å². The molecule has 3 fully saturated rings. The number of fused-ring (bicyclic) bond motifs is 5. The maximum atomic E-state index is 11.0. The fourth-order valence-corrected chi connectivity index (χ4v) is 6.57. The lowest BCUT2D eigenvalue weighted by atomic mass is 9.50. The van der Waals surface area contributed by atoms with Crippen LogP contribution in [0.3, 0.4) is 0 Å². The molecule has 132 valence electrons. The zero-order valence-electron chi connectivity index (χ0n) is 14.2. The largest absolute Gasteiger partial charge is 0.393 e. The first kappa shape index (κ1) is 16.6. The molecule has 3 unspecified atom stereocenters. The van der Waals surface area contributed by atoms with Gasteiger partial charge in [-0.25, -0.2) is 0 Å². The first-order chi connectivity index (χ1) is 11.3. The Bertz CT molecular complexity index is 607. The lowest BCUT2D eigenvalue weighted by molar-refractivity contribution is -0.124. The van der Waals surface area contributed by atoms with E-state index in [1.807, 2.05) is 13.0 Å². The number of rotatable bonds is 0. The van der Waals surface area contributed by atoms with E-state index in [0.717, 1.165) is 25.7 Å². The topological polar surface area (TPSA) is 80.9 Å². The minimum atomic E-state index is -1.50. The van der Waals surface area contributed by atoms with Crippen LogP contribution in [0.5, 0.6) is 0 Å². The molecule has 0 aromatic heterocycles. The molecule has 4 aliphatic carbocycles. The second-order valence-electron chi connectivity index (χ2n) is 8.74. The van der Waals surface area contributed by atoms with Gasteiger partial charge in [0.15, 0.2) is 5.60 Å². The summed E-state index contributed by atoms with van der Waals surface area (Å²) < 4.78 is 0. The predicted molar refractivity (Wildman–Crippen MR) is 89.7 cm³/mol. The van der Waals surface area contributed by atoms with Gasteiger partial charge in [0, 0.05) is 5.41 Å². The van der Waals surface area contributed by atoms with Crippen molar-refractivity contribution in [3.8, 4) is 12.3 Å². The zero-order chi connectivity index (χ0) is 17.3. The van der Waals surface area contributed by atoms with Crippen molar-refractivity contribution in [3.05, 3.63) is 11.6 Å². The molecule has 0 aliphatic heterocycles. The molecule has 9 atom stereocenters. The highest BCUT2D eigenvalue weighted by molar-refractivity contribution is 5.29. The lowest BCUT2D eigenvalue weighted by Crippen LogP contribution is -2.56. The molecule has 4 heteroatoms. The van der Waals surface area contributed by atoms with E-state index in [-0.39, 0.29) is 17.9 Å². The van der Waals surface area contributed by atoms with Crippen LogP contribution in [0.2, 0.25) is 0 Å². The van der Waals surface area contributed by atoms with E-state index in [1.54, 1.807) is 0 Å². The summed E-state index contributed by atoms with van der Waals surface area (Å²) in [6.07, 6.45) is 10.3. The summed E-state index contributed by atoms with van der Waals surface area (Å²) in [6.45, 7) is 1.99. The van der Waals surface area contributed by atoms with Gasteiger partial charge < -0.3 is 20.4 Å². The van der Waals surface area contributed by atoms with Gasteiger partial charge in [-0.1, -0.05) is 24.5 Å². The number of terminal acetylenes is 1. The summed E-state index contributed by atoms with van der Waals surface area (Å²) in [4.78, 5) is 0. The van der Waals surface area contributed by atoms with Crippen molar-refractivity contribution in [2.24, 2.45) is 29.1 Å². The number of aliphatic hydroxyl groups excluding tert-OH is 3. The normalized spacial score (nSPS) is 56.5. The molecule has 0 spiro atoms. The fourth-order valence-electron chi connectivity index (χ4n) is 6.57. The fraction of sp³-hybridized carbons (Fsp3) is 0.800. The molecule has 0 bridgehead atoms. The van der Waals surface area contributed by atoms with Crippen molar-refractivity contribution in [3.63, 3.8) is 0 Å². The van der Waals surface area contributed by atoms with E-state index >= 15 is 0 Å². The summed E-state index contributed by atoms with van der Waals surface area (Å²) in [7, 11) is 0. The van der Waals surface area contributed by atoms with Gasteiger partial charge >= 0.3 is 0 Å². The average molecular weight is 332 g/mol. The van der Waals surface area contributed by atoms with Gasteiger partial charge in [0.25, 0.3) is 0 Å². The molecule has 0 aromatic rings. The molecular formula is C20H28O4. The average Bonchev–Trinajstić information content (AvgIpc) is 2.75. The summed E-state index contributed by atoms with van der Waals surface area (Å²) in [5.74, 6) is 3.31. The lowest BCUT2D eigenvalue weighted by Gasteiger charge is -2.55. The van der Waals surface area contributed by atoms with Crippen LogP contribution in [0, 0.1) is 41.4 Å². The number of hydrogen-bond acceptors (Lipinski definition) is 4. The van der Waals surface area contributed by atoms with E-state index in [2.05, 4.69) is 5.92 Å². The molecule has 24 heavy (non-hydrogen) atoms. The van der Waals surface area contributed by atoms with Gasteiger partial charge in [0.1, 0.15) is 0 Å². The van der Waals surface area contributed by atoms with Crippen LogP contribution in [0.4, 0.5) is 0 Å². The highest BCUT2D eigenvalue weighted by Crippen LogP contribution is 2.64. The van der Waals surface area contributed by atoms with Crippen LogP contribution in [0.1, 0.15) is 45.4 Å². The summed E-state index contributed by atoms with van der Waals surface area (Å²) in [6, 6.07) is 0. The molecule has 0 saturated heterocycles. The Morgan fingerprint density at radius 1 is 1.21 bits per heavy atom. The Hall–Kier alpha value is -0.860. The smallest absolute Gasteiger partial charge is 0.156 e. The molecule has 0 radical (unpaired) electrons. The van der Waals surface area contributed by atoms with Gasteiger partial charge in [-0.2, -0.15) is 0 Å². The molecule has 4 aliphatic rings.